The fourth-order valence-corrected chi connectivity index (χ4v) is 2.94. The van der Waals surface area contributed by atoms with Gasteiger partial charge in [-0.2, -0.15) is 0 Å². The van der Waals surface area contributed by atoms with Crippen LogP contribution in [0.15, 0.2) is 52.9 Å². The van der Waals surface area contributed by atoms with Crippen molar-refractivity contribution in [2.75, 3.05) is 0 Å². The monoisotopic (exact) mass is 323 g/mol. The summed E-state index contributed by atoms with van der Waals surface area (Å²) in [7, 11) is 0. The second-order valence-corrected chi connectivity index (χ2v) is 6.26. The number of unbranched alkanes of at least 4 members (excludes halogenated alkanes) is 3. The predicted molar refractivity (Wildman–Crippen MR) is 97.4 cm³/mol. The number of carbonyl (C=O) groups is 2. The molecule has 0 atom stereocenters. The van der Waals surface area contributed by atoms with Gasteiger partial charge in [0.25, 0.3) is 0 Å². The van der Waals surface area contributed by atoms with Crippen LogP contribution < -0.4 is 0 Å². The number of hydrogen-bond donors (Lipinski definition) is 0. The highest BCUT2D eigenvalue weighted by molar-refractivity contribution is 6.30. The van der Waals surface area contributed by atoms with Crippen LogP contribution in [0, 0.1) is 0 Å². The van der Waals surface area contributed by atoms with E-state index < -0.39 is 0 Å². The lowest BCUT2D eigenvalue weighted by Gasteiger charge is -2.21. The molecule has 0 N–H and O–H groups in total. The Labute approximate surface area is 144 Å². The Bertz CT molecular complexity index is 736. The maximum Gasteiger partial charge on any atom is 0.190 e. The molecule has 0 saturated heterocycles. The molecule has 0 bridgehead atoms. The fraction of sp³-hybridized carbons (Fsp3) is 0.381. The van der Waals surface area contributed by atoms with Gasteiger partial charge in [0.1, 0.15) is 0 Å². The van der Waals surface area contributed by atoms with Crippen LogP contribution in [0.1, 0.15) is 58.9 Å². The molecule has 3 heteroatoms. The Kier molecular flexibility index (Phi) is 6.02. The van der Waals surface area contributed by atoms with Crippen molar-refractivity contribution >= 4 is 17.1 Å². The second kappa shape index (κ2) is 8.00. The van der Waals surface area contributed by atoms with Gasteiger partial charge in [0.15, 0.2) is 11.6 Å². The molecule has 0 aromatic carbocycles. The smallest absolute Gasteiger partial charge is 0.190 e. The average molecular weight is 323 g/mol. The number of carbonyl (C=O) groups excluding carboxylic acids is 2. The van der Waals surface area contributed by atoms with Crippen molar-refractivity contribution in [1.82, 2.24) is 4.98 Å². The molecule has 1 aromatic rings. The zero-order valence-electron chi connectivity index (χ0n) is 15.0. The quantitative estimate of drug-likeness (QED) is 0.555. The Morgan fingerprint density at radius 3 is 2.38 bits per heavy atom. The van der Waals surface area contributed by atoms with Crippen LogP contribution in [0.3, 0.4) is 0 Å². The molecular weight excluding hydrogens is 298 g/mol. The first-order valence-corrected chi connectivity index (χ1v) is 8.57. The molecule has 126 valence electrons. The number of rotatable bonds is 6. The van der Waals surface area contributed by atoms with Crippen LogP contribution in [-0.4, -0.2) is 16.6 Å². The summed E-state index contributed by atoms with van der Waals surface area (Å²) in [4.78, 5) is 29.5. The van der Waals surface area contributed by atoms with Crippen LogP contribution in [0.5, 0.6) is 0 Å². The molecule has 3 nitrogen and oxygen atoms in total. The second-order valence-electron chi connectivity index (χ2n) is 6.26. The molecule has 1 aliphatic carbocycles. The van der Waals surface area contributed by atoms with Gasteiger partial charge in [-0.05, 0) is 45.3 Å². The number of ketones is 2. The van der Waals surface area contributed by atoms with E-state index in [1.54, 1.807) is 33.2 Å². The molecule has 0 spiro atoms. The highest BCUT2D eigenvalue weighted by Gasteiger charge is 2.30. The van der Waals surface area contributed by atoms with Gasteiger partial charge in [0, 0.05) is 40.2 Å². The summed E-state index contributed by atoms with van der Waals surface area (Å²) in [5.41, 5.74) is 3.89. The van der Waals surface area contributed by atoms with E-state index in [9.17, 15) is 9.59 Å². The van der Waals surface area contributed by atoms with Crippen molar-refractivity contribution in [3.63, 3.8) is 0 Å². The number of nitrogens with zero attached hydrogens (tertiary/aromatic N) is 1. The van der Waals surface area contributed by atoms with Gasteiger partial charge in [-0.3, -0.25) is 14.6 Å². The molecule has 0 amide bonds. The molecular formula is C21H25NO2. The van der Waals surface area contributed by atoms with Crippen molar-refractivity contribution in [2.24, 2.45) is 0 Å². The first-order valence-electron chi connectivity index (χ1n) is 8.57. The van der Waals surface area contributed by atoms with Crippen LogP contribution in [0.4, 0.5) is 0 Å². The van der Waals surface area contributed by atoms with E-state index in [1.807, 2.05) is 12.1 Å². The lowest BCUT2D eigenvalue weighted by atomic mass is 9.80. The third-order valence-electron chi connectivity index (χ3n) is 4.58. The number of aromatic nitrogens is 1. The number of allylic oxidation sites excluding steroid dienone is 6. The SMILES string of the molecule is CCCCC/C=C(\C1=C(C)C(=O)C(C)=C(C)C1=O)c1cccnc1. The van der Waals surface area contributed by atoms with Crippen molar-refractivity contribution in [3.05, 3.63) is 58.5 Å². The van der Waals surface area contributed by atoms with Crippen molar-refractivity contribution in [3.8, 4) is 0 Å². The van der Waals surface area contributed by atoms with Gasteiger partial charge < -0.3 is 0 Å². The van der Waals surface area contributed by atoms with Crippen molar-refractivity contribution in [2.45, 2.75) is 53.4 Å². The molecule has 1 aromatic heterocycles. The van der Waals surface area contributed by atoms with E-state index in [1.165, 1.54) is 0 Å². The summed E-state index contributed by atoms with van der Waals surface area (Å²) < 4.78 is 0. The molecule has 2 rings (SSSR count). The Morgan fingerprint density at radius 2 is 1.75 bits per heavy atom. The summed E-state index contributed by atoms with van der Waals surface area (Å²) in [6, 6.07) is 3.80. The minimum Gasteiger partial charge on any atom is -0.289 e. The van der Waals surface area contributed by atoms with E-state index >= 15 is 0 Å². The van der Waals surface area contributed by atoms with Crippen LogP contribution in [-0.2, 0) is 9.59 Å². The molecule has 0 saturated carbocycles. The highest BCUT2D eigenvalue weighted by atomic mass is 16.1. The van der Waals surface area contributed by atoms with Gasteiger partial charge in [0.2, 0.25) is 0 Å². The van der Waals surface area contributed by atoms with Gasteiger partial charge in [-0.25, -0.2) is 0 Å². The van der Waals surface area contributed by atoms with Gasteiger partial charge >= 0.3 is 0 Å². The molecule has 0 fully saturated rings. The van der Waals surface area contributed by atoms with Gasteiger partial charge in [-0.1, -0.05) is 31.9 Å². The third-order valence-corrected chi connectivity index (χ3v) is 4.58. The number of Topliss-reactive ketones (excluding diaryl/α,β-unsaturated/α-hetero) is 2. The normalized spacial score (nSPS) is 16.2. The summed E-state index contributed by atoms with van der Waals surface area (Å²) in [5, 5.41) is 0. The van der Waals surface area contributed by atoms with Crippen molar-refractivity contribution in [1.29, 1.82) is 0 Å². The highest BCUT2D eigenvalue weighted by Crippen LogP contribution is 2.34. The van der Waals surface area contributed by atoms with E-state index in [0.717, 1.165) is 36.8 Å². The Hall–Kier alpha value is -2.29. The fourth-order valence-electron chi connectivity index (χ4n) is 2.94. The molecule has 1 aliphatic rings. The van der Waals surface area contributed by atoms with E-state index in [-0.39, 0.29) is 11.6 Å². The van der Waals surface area contributed by atoms with Crippen LogP contribution in [0.25, 0.3) is 5.57 Å². The standard InChI is InChI=1S/C21H25NO2/c1-5-6-7-8-11-18(17-10-9-12-22-13-17)19-16(4)20(23)14(2)15(3)21(19)24/h9-13H,5-8H2,1-4H3/b18-11-. The zero-order valence-corrected chi connectivity index (χ0v) is 15.0. The largest absolute Gasteiger partial charge is 0.289 e. The van der Waals surface area contributed by atoms with E-state index in [2.05, 4.69) is 18.0 Å². The first-order chi connectivity index (χ1) is 11.5. The minimum atomic E-state index is -0.0461. The molecule has 24 heavy (non-hydrogen) atoms. The lowest BCUT2D eigenvalue weighted by molar-refractivity contribution is -0.116. The zero-order chi connectivity index (χ0) is 17.7. The van der Waals surface area contributed by atoms with Crippen molar-refractivity contribution < 1.29 is 9.59 Å². The summed E-state index contributed by atoms with van der Waals surface area (Å²) in [6.45, 7) is 7.38. The van der Waals surface area contributed by atoms with Crippen LogP contribution in [0.2, 0.25) is 0 Å². The lowest BCUT2D eigenvalue weighted by Crippen LogP contribution is -2.21. The van der Waals surface area contributed by atoms with Gasteiger partial charge in [-0.15, -0.1) is 0 Å². The maximum atomic E-state index is 12.9. The Morgan fingerprint density at radius 1 is 1.04 bits per heavy atom. The summed E-state index contributed by atoms with van der Waals surface area (Å²) in [6.07, 6.45) is 9.81. The maximum absolute atomic E-state index is 12.9. The summed E-state index contributed by atoms with van der Waals surface area (Å²) in [5.74, 6) is -0.0827. The minimum absolute atomic E-state index is 0.0366. The topological polar surface area (TPSA) is 47.0 Å². The molecule has 0 radical (unpaired) electrons. The van der Waals surface area contributed by atoms with E-state index in [4.69, 9.17) is 0 Å². The predicted octanol–water partition coefficient (Wildman–Crippen LogP) is 4.85. The Balaban J connectivity index is 2.51. The van der Waals surface area contributed by atoms with E-state index in [0.29, 0.717) is 22.3 Å². The first kappa shape index (κ1) is 18.1. The number of pyridine rings is 1. The molecule has 1 heterocycles. The third kappa shape index (κ3) is 3.61. The summed E-state index contributed by atoms with van der Waals surface area (Å²) >= 11 is 0. The molecule has 0 aliphatic heterocycles. The number of hydrogen-bond acceptors (Lipinski definition) is 3. The van der Waals surface area contributed by atoms with Crippen LogP contribution >= 0.6 is 0 Å². The molecule has 0 unspecified atom stereocenters. The van der Waals surface area contributed by atoms with Gasteiger partial charge in [0.05, 0.1) is 0 Å². The average Bonchev–Trinajstić information content (AvgIpc) is 2.61.